The van der Waals surface area contributed by atoms with Crippen LogP contribution in [-0.2, 0) is 6.54 Å². The molecule has 19 heavy (non-hydrogen) atoms. The van der Waals surface area contributed by atoms with Gasteiger partial charge in [0.05, 0.1) is 0 Å². The molecule has 0 aliphatic heterocycles. The third-order valence-corrected chi connectivity index (χ3v) is 4.35. The van der Waals surface area contributed by atoms with E-state index in [1.165, 1.54) is 34.6 Å². The summed E-state index contributed by atoms with van der Waals surface area (Å²) in [6.07, 6.45) is 4.83. The van der Waals surface area contributed by atoms with Crippen molar-refractivity contribution in [1.29, 1.82) is 0 Å². The van der Waals surface area contributed by atoms with Gasteiger partial charge in [-0.25, -0.2) is 0 Å². The largest absolute Gasteiger partial charge is 0.381 e. The van der Waals surface area contributed by atoms with Crippen LogP contribution in [0.25, 0.3) is 0 Å². The summed E-state index contributed by atoms with van der Waals surface area (Å²) >= 11 is 1.78. The molecule has 0 atom stereocenters. The van der Waals surface area contributed by atoms with Crippen LogP contribution in [0.2, 0.25) is 0 Å². The van der Waals surface area contributed by atoms with Gasteiger partial charge in [0.25, 0.3) is 0 Å². The second-order valence-electron chi connectivity index (χ2n) is 5.06. The first-order chi connectivity index (χ1) is 9.36. The minimum Gasteiger partial charge on any atom is -0.381 e. The summed E-state index contributed by atoms with van der Waals surface area (Å²) in [5.74, 6) is 0.815. The first kappa shape index (κ1) is 12.6. The number of nitrogens with one attached hydrogen (secondary N) is 1. The van der Waals surface area contributed by atoms with Gasteiger partial charge in [0.15, 0.2) is 0 Å². The van der Waals surface area contributed by atoms with Gasteiger partial charge in [0.1, 0.15) is 0 Å². The summed E-state index contributed by atoms with van der Waals surface area (Å²) in [5, 5.41) is 3.55. The van der Waals surface area contributed by atoms with Gasteiger partial charge in [0.2, 0.25) is 0 Å². The van der Waals surface area contributed by atoms with Crippen LogP contribution in [0.5, 0.6) is 0 Å². The Morgan fingerprint density at radius 2 is 1.95 bits per heavy atom. The maximum atomic E-state index is 3.55. The van der Waals surface area contributed by atoms with Gasteiger partial charge < -0.3 is 5.32 Å². The fraction of sp³-hybridized carbons (Fsp3) is 0.294. The molecule has 0 radical (unpaired) electrons. The highest BCUT2D eigenvalue weighted by atomic mass is 32.2. The van der Waals surface area contributed by atoms with E-state index in [4.69, 9.17) is 0 Å². The maximum absolute atomic E-state index is 3.55. The molecule has 0 bridgehead atoms. The lowest BCUT2D eigenvalue weighted by atomic mass is 10.0. The highest BCUT2D eigenvalue weighted by Crippen LogP contribution is 2.41. The summed E-state index contributed by atoms with van der Waals surface area (Å²) in [4.78, 5) is 1.31. The summed E-state index contributed by atoms with van der Waals surface area (Å²) in [6, 6.07) is 17.4. The van der Waals surface area contributed by atoms with E-state index >= 15 is 0 Å². The molecule has 1 N–H and O–H groups in total. The molecule has 0 amide bonds. The van der Waals surface area contributed by atoms with Crippen molar-refractivity contribution in [3.05, 3.63) is 59.7 Å². The quantitative estimate of drug-likeness (QED) is 0.775. The second kappa shape index (κ2) is 5.70. The molecule has 0 unspecified atom stereocenters. The summed E-state index contributed by atoms with van der Waals surface area (Å²) in [6.45, 7) is 0.921. The predicted molar refractivity (Wildman–Crippen MR) is 84.0 cm³/mol. The minimum atomic E-state index is 0.815. The molecule has 1 saturated carbocycles. The molecule has 0 aromatic heterocycles. The third kappa shape index (κ3) is 3.13. The van der Waals surface area contributed by atoms with Gasteiger partial charge in [-0.2, -0.15) is 0 Å². The number of rotatable bonds is 5. The fourth-order valence-electron chi connectivity index (χ4n) is 2.42. The fourth-order valence-corrected chi connectivity index (χ4v) is 2.88. The molecule has 1 aliphatic rings. The van der Waals surface area contributed by atoms with Crippen LogP contribution in [0.15, 0.2) is 53.4 Å². The van der Waals surface area contributed by atoms with E-state index in [1.54, 1.807) is 11.8 Å². The number of anilines is 1. The summed E-state index contributed by atoms with van der Waals surface area (Å²) in [5.41, 5.74) is 4.19. The second-order valence-corrected chi connectivity index (χ2v) is 5.94. The molecule has 0 spiro atoms. The SMILES string of the molecule is CSc1cccc(NCc2ccccc2C2CC2)c1. The Balaban J connectivity index is 1.71. The first-order valence-electron chi connectivity index (χ1n) is 6.82. The Bertz CT molecular complexity index is 561. The number of hydrogen-bond acceptors (Lipinski definition) is 2. The zero-order chi connectivity index (χ0) is 13.1. The molecule has 2 heteroatoms. The monoisotopic (exact) mass is 269 g/mol. The number of benzene rings is 2. The van der Waals surface area contributed by atoms with E-state index in [2.05, 4.69) is 60.1 Å². The molecule has 2 aromatic carbocycles. The van der Waals surface area contributed by atoms with Crippen LogP contribution < -0.4 is 5.32 Å². The van der Waals surface area contributed by atoms with Crippen LogP contribution in [-0.4, -0.2) is 6.26 Å². The molecular formula is C17H19NS. The lowest BCUT2D eigenvalue weighted by molar-refractivity contribution is 1.03. The van der Waals surface area contributed by atoms with Crippen LogP contribution in [0, 0.1) is 0 Å². The Hall–Kier alpha value is -1.41. The lowest BCUT2D eigenvalue weighted by Gasteiger charge is -2.11. The van der Waals surface area contributed by atoms with Crippen molar-refractivity contribution in [2.45, 2.75) is 30.2 Å². The van der Waals surface area contributed by atoms with Crippen molar-refractivity contribution in [1.82, 2.24) is 0 Å². The van der Waals surface area contributed by atoms with Gasteiger partial charge >= 0.3 is 0 Å². The van der Waals surface area contributed by atoms with Crippen LogP contribution in [0.1, 0.15) is 29.9 Å². The van der Waals surface area contributed by atoms with Crippen molar-refractivity contribution >= 4 is 17.4 Å². The highest BCUT2D eigenvalue weighted by Gasteiger charge is 2.25. The molecule has 1 fully saturated rings. The summed E-state index contributed by atoms with van der Waals surface area (Å²) in [7, 11) is 0. The smallest absolute Gasteiger partial charge is 0.0403 e. The number of thioether (sulfide) groups is 1. The Morgan fingerprint density at radius 3 is 2.74 bits per heavy atom. The van der Waals surface area contributed by atoms with Gasteiger partial charge in [-0.05, 0) is 54.3 Å². The Labute approximate surface area is 119 Å². The van der Waals surface area contributed by atoms with Crippen molar-refractivity contribution in [3.63, 3.8) is 0 Å². The van der Waals surface area contributed by atoms with E-state index in [0.29, 0.717) is 0 Å². The van der Waals surface area contributed by atoms with Gasteiger partial charge in [-0.15, -0.1) is 11.8 Å². The van der Waals surface area contributed by atoms with Crippen molar-refractivity contribution in [3.8, 4) is 0 Å². The topological polar surface area (TPSA) is 12.0 Å². The zero-order valence-electron chi connectivity index (χ0n) is 11.2. The molecule has 3 rings (SSSR count). The molecule has 2 aromatic rings. The Morgan fingerprint density at radius 1 is 1.11 bits per heavy atom. The minimum absolute atomic E-state index is 0.815. The van der Waals surface area contributed by atoms with Gasteiger partial charge in [0, 0.05) is 17.1 Å². The molecular weight excluding hydrogens is 250 g/mol. The predicted octanol–water partition coefficient (Wildman–Crippen LogP) is 4.90. The van der Waals surface area contributed by atoms with E-state index in [9.17, 15) is 0 Å². The lowest BCUT2D eigenvalue weighted by Crippen LogP contribution is -2.02. The van der Waals surface area contributed by atoms with E-state index in [1.807, 2.05) is 0 Å². The van der Waals surface area contributed by atoms with Crippen LogP contribution in [0.4, 0.5) is 5.69 Å². The molecule has 1 nitrogen and oxygen atoms in total. The zero-order valence-corrected chi connectivity index (χ0v) is 12.0. The van der Waals surface area contributed by atoms with Crippen molar-refractivity contribution in [2.75, 3.05) is 11.6 Å². The van der Waals surface area contributed by atoms with Crippen molar-refractivity contribution < 1.29 is 0 Å². The number of hydrogen-bond donors (Lipinski definition) is 1. The van der Waals surface area contributed by atoms with E-state index < -0.39 is 0 Å². The standard InChI is InChI=1S/C17H19NS/c1-19-16-7-4-6-15(11-16)18-12-14-5-2-3-8-17(14)13-9-10-13/h2-8,11,13,18H,9-10,12H2,1H3. The van der Waals surface area contributed by atoms with Crippen LogP contribution in [0.3, 0.4) is 0 Å². The Kier molecular flexibility index (Phi) is 3.79. The first-order valence-corrected chi connectivity index (χ1v) is 8.05. The highest BCUT2D eigenvalue weighted by molar-refractivity contribution is 7.98. The van der Waals surface area contributed by atoms with E-state index in [0.717, 1.165) is 12.5 Å². The average Bonchev–Trinajstić information content (AvgIpc) is 3.30. The molecule has 98 valence electrons. The van der Waals surface area contributed by atoms with Crippen molar-refractivity contribution in [2.24, 2.45) is 0 Å². The van der Waals surface area contributed by atoms with Gasteiger partial charge in [-0.1, -0.05) is 30.3 Å². The van der Waals surface area contributed by atoms with Crippen LogP contribution >= 0.6 is 11.8 Å². The molecule has 0 saturated heterocycles. The third-order valence-electron chi connectivity index (χ3n) is 3.62. The van der Waals surface area contributed by atoms with E-state index in [-0.39, 0.29) is 0 Å². The average molecular weight is 269 g/mol. The normalized spacial score (nSPS) is 14.4. The molecule has 1 aliphatic carbocycles. The summed E-state index contributed by atoms with van der Waals surface area (Å²) < 4.78 is 0. The maximum Gasteiger partial charge on any atom is 0.0403 e. The van der Waals surface area contributed by atoms with Gasteiger partial charge in [-0.3, -0.25) is 0 Å². The molecule has 0 heterocycles.